The summed E-state index contributed by atoms with van der Waals surface area (Å²) in [5.74, 6) is 0.124. The van der Waals surface area contributed by atoms with Crippen LogP contribution in [-0.4, -0.2) is 60.9 Å². The second-order valence-corrected chi connectivity index (χ2v) is 4.89. The highest BCUT2D eigenvalue weighted by Gasteiger charge is 2.22. The zero-order valence-corrected chi connectivity index (χ0v) is 11.8. The maximum Gasteiger partial charge on any atom is 0.253 e. The summed E-state index contributed by atoms with van der Waals surface area (Å²) in [6.45, 7) is 5.83. The number of carbonyl (C=O) groups excluding carboxylic acids is 2. The first-order valence-electron chi connectivity index (χ1n) is 7.04. The van der Waals surface area contributed by atoms with Gasteiger partial charge in [-0.3, -0.25) is 14.5 Å². The fourth-order valence-electron chi connectivity index (χ4n) is 2.33. The van der Waals surface area contributed by atoms with Crippen molar-refractivity contribution in [2.45, 2.75) is 6.92 Å². The Balaban J connectivity index is 1.82. The Bertz CT molecular complexity index is 453. The van der Waals surface area contributed by atoms with Gasteiger partial charge in [-0.25, -0.2) is 0 Å². The number of amides is 2. The lowest BCUT2D eigenvalue weighted by Crippen LogP contribution is -2.51. The molecule has 0 radical (unpaired) electrons. The van der Waals surface area contributed by atoms with Crippen LogP contribution in [-0.2, 0) is 4.79 Å². The summed E-state index contributed by atoms with van der Waals surface area (Å²) in [4.78, 5) is 27.7. The van der Waals surface area contributed by atoms with Gasteiger partial charge in [0.25, 0.3) is 5.91 Å². The quantitative estimate of drug-likeness (QED) is 0.874. The van der Waals surface area contributed by atoms with Gasteiger partial charge in [0.2, 0.25) is 5.91 Å². The first-order chi connectivity index (χ1) is 9.70. The molecule has 0 atom stereocenters. The number of hydrogen-bond donors (Lipinski definition) is 1. The van der Waals surface area contributed by atoms with E-state index < -0.39 is 0 Å². The zero-order chi connectivity index (χ0) is 14.4. The van der Waals surface area contributed by atoms with E-state index in [1.165, 1.54) is 0 Å². The fourth-order valence-corrected chi connectivity index (χ4v) is 2.33. The number of nitrogens with zero attached hydrogens (tertiary/aromatic N) is 2. The predicted molar refractivity (Wildman–Crippen MR) is 77.5 cm³/mol. The summed E-state index contributed by atoms with van der Waals surface area (Å²) >= 11 is 0. The van der Waals surface area contributed by atoms with Crippen LogP contribution >= 0.6 is 0 Å². The Labute approximate surface area is 119 Å². The standard InChI is InChI=1S/C15H21N3O2/c1-2-16-14(19)12-17-8-10-18(11-9-17)15(20)13-6-4-3-5-7-13/h3-7H,2,8-12H2,1H3,(H,16,19). The van der Waals surface area contributed by atoms with E-state index in [0.717, 1.165) is 18.7 Å². The minimum atomic E-state index is 0.0512. The van der Waals surface area contributed by atoms with Crippen LogP contribution in [0.25, 0.3) is 0 Å². The number of carbonyl (C=O) groups is 2. The molecule has 2 amide bonds. The minimum Gasteiger partial charge on any atom is -0.355 e. The van der Waals surface area contributed by atoms with Crippen LogP contribution in [0, 0.1) is 0 Å². The van der Waals surface area contributed by atoms with Gasteiger partial charge in [-0.2, -0.15) is 0 Å². The van der Waals surface area contributed by atoms with Gasteiger partial charge in [0.1, 0.15) is 0 Å². The van der Waals surface area contributed by atoms with Crippen LogP contribution in [0.3, 0.4) is 0 Å². The fraction of sp³-hybridized carbons (Fsp3) is 0.467. The van der Waals surface area contributed by atoms with Crippen molar-refractivity contribution in [3.05, 3.63) is 35.9 Å². The zero-order valence-electron chi connectivity index (χ0n) is 11.8. The molecule has 0 aliphatic carbocycles. The third-order valence-corrected chi connectivity index (χ3v) is 3.42. The van der Waals surface area contributed by atoms with Crippen LogP contribution in [0.4, 0.5) is 0 Å². The van der Waals surface area contributed by atoms with E-state index in [-0.39, 0.29) is 11.8 Å². The van der Waals surface area contributed by atoms with Crippen molar-refractivity contribution in [3.63, 3.8) is 0 Å². The molecule has 2 rings (SSSR count). The topological polar surface area (TPSA) is 52.7 Å². The number of benzene rings is 1. The van der Waals surface area contributed by atoms with Crippen molar-refractivity contribution in [1.82, 2.24) is 15.1 Å². The van der Waals surface area contributed by atoms with Gasteiger partial charge in [-0.05, 0) is 19.1 Å². The molecule has 1 aromatic rings. The molecule has 1 heterocycles. The molecule has 1 saturated heterocycles. The summed E-state index contributed by atoms with van der Waals surface area (Å²) in [5, 5.41) is 2.79. The highest BCUT2D eigenvalue weighted by atomic mass is 16.2. The monoisotopic (exact) mass is 275 g/mol. The number of likely N-dealkylation sites (N-methyl/N-ethyl adjacent to an activating group) is 1. The van der Waals surface area contributed by atoms with E-state index in [1.807, 2.05) is 42.2 Å². The first kappa shape index (κ1) is 14.5. The molecule has 0 saturated carbocycles. The Morgan fingerprint density at radius 3 is 2.35 bits per heavy atom. The molecule has 5 heteroatoms. The highest BCUT2D eigenvalue weighted by Crippen LogP contribution is 2.08. The lowest BCUT2D eigenvalue weighted by Gasteiger charge is -2.34. The maximum absolute atomic E-state index is 12.3. The lowest BCUT2D eigenvalue weighted by molar-refractivity contribution is -0.122. The largest absolute Gasteiger partial charge is 0.355 e. The van der Waals surface area contributed by atoms with Gasteiger partial charge >= 0.3 is 0 Å². The van der Waals surface area contributed by atoms with Gasteiger partial charge in [0.15, 0.2) is 0 Å². The molecule has 0 aromatic heterocycles. The highest BCUT2D eigenvalue weighted by molar-refractivity contribution is 5.94. The average molecular weight is 275 g/mol. The van der Waals surface area contributed by atoms with E-state index >= 15 is 0 Å². The van der Waals surface area contributed by atoms with Crippen molar-refractivity contribution in [1.29, 1.82) is 0 Å². The Morgan fingerprint density at radius 2 is 1.75 bits per heavy atom. The summed E-state index contributed by atoms with van der Waals surface area (Å²) in [6, 6.07) is 9.32. The number of rotatable bonds is 4. The molecule has 0 bridgehead atoms. The van der Waals surface area contributed by atoms with Gasteiger partial charge in [0.05, 0.1) is 6.54 Å². The molecule has 1 aliphatic rings. The van der Waals surface area contributed by atoms with Gasteiger partial charge in [0, 0.05) is 38.3 Å². The molecule has 108 valence electrons. The summed E-state index contributed by atoms with van der Waals surface area (Å²) < 4.78 is 0. The third kappa shape index (κ3) is 3.81. The number of hydrogen-bond acceptors (Lipinski definition) is 3. The van der Waals surface area contributed by atoms with Crippen molar-refractivity contribution in [2.24, 2.45) is 0 Å². The van der Waals surface area contributed by atoms with Crippen molar-refractivity contribution in [2.75, 3.05) is 39.3 Å². The van der Waals surface area contributed by atoms with Crippen molar-refractivity contribution >= 4 is 11.8 Å². The maximum atomic E-state index is 12.3. The molecule has 5 nitrogen and oxygen atoms in total. The molecular formula is C15H21N3O2. The SMILES string of the molecule is CCNC(=O)CN1CCN(C(=O)c2ccccc2)CC1. The number of piperazine rings is 1. The van der Waals surface area contributed by atoms with E-state index in [0.29, 0.717) is 26.2 Å². The molecule has 1 aliphatic heterocycles. The van der Waals surface area contributed by atoms with E-state index in [9.17, 15) is 9.59 Å². The van der Waals surface area contributed by atoms with Crippen LogP contribution in [0.1, 0.15) is 17.3 Å². The van der Waals surface area contributed by atoms with Gasteiger partial charge in [-0.15, -0.1) is 0 Å². The van der Waals surface area contributed by atoms with E-state index in [1.54, 1.807) is 0 Å². The Morgan fingerprint density at radius 1 is 1.10 bits per heavy atom. The summed E-state index contributed by atoms with van der Waals surface area (Å²) in [6.07, 6.45) is 0. The summed E-state index contributed by atoms with van der Waals surface area (Å²) in [7, 11) is 0. The summed E-state index contributed by atoms with van der Waals surface area (Å²) in [5.41, 5.74) is 0.727. The molecule has 1 fully saturated rings. The van der Waals surface area contributed by atoms with Crippen LogP contribution in [0.2, 0.25) is 0 Å². The minimum absolute atomic E-state index is 0.0512. The lowest BCUT2D eigenvalue weighted by atomic mass is 10.2. The Hall–Kier alpha value is -1.88. The second kappa shape index (κ2) is 7.05. The predicted octanol–water partition coefficient (Wildman–Crippen LogP) is 0.581. The second-order valence-electron chi connectivity index (χ2n) is 4.89. The average Bonchev–Trinajstić information content (AvgIpc) is 2.48. The van der Waals surface area contributed by atoms with Crippen molar-refractivity contribution < 1.29 is 9.59 Å². The molecular weight excluding hydrogens is 254 g/mol. The smallest absolute Gasteiger partial charge is 0.253 e. The molecule has 1 N–H and O–H groups in total. The number of nitrogens with one attached hydrogen (secondary N) is 1. The molecule has 20 heavy (non-hydrogen) atoms. The molecule has 0 spiro atoms. The third-order valence-electron chi connectivity index (χ3n) is 3.42. The first-order valence-corrected chi connectivity index (χ1v) is 7.04. The van der Waals surface area contributed by atoms with E-state index in [2.05, 4.69) is 10.2 Å². The molecule has 0 unspecified atom stereocenters. The van der Waals surface area contributed by atoms with Crippen LogP contribution < -0.4 is 5.32 Å². The van der Waals surface area contributed by atoms with Gasteiger partial charge in [-0.1, -0.05) is 18.2 Å². The normalized spacial score (nSPS) is 15.9. The molecule has 1 aromatic carbocycles. The van der Waals surface area contributed by atoms with E-state index in [4.69, 9.17) is 0 Å². The van der Waals surface area contributed by atoms with Crippen molar-refractivity contribution in [3.8, 4) is 0 Å². The van der Waals surface area contributed by atoms with Crippen LogP contribution in [0.15, 0.2) is 30.3 Å². The van der Waals surface area contributed by atoms with Crippen LogP contribution in [0.5, 0.6) is 0 Å². The Kier molecular flexibility index (Phi) is 5.12. The van der Waals surface area contributed by atoms with Gasteiger partial charge < -0.3 is 10.2 Å².